The maximum atomic E-state index is 11.1. The fourth-order valence-electron chi connectivity index (χ4n) is 3.66. The first-order valence-electron chi connectivity index (χ1n) is 9.56. The van der Waals surface area contributed by atoms with E-state index < -0.39 is 0 Å². The van der Waals surface area contributed by atoms with Crippen molar-refractivity contribution in [2.75, 3.05) is 39.8 Å². The zero-order valence-corrected chi connectivity index (χ0v) is 16.4. The normalized spacial score (nSPS) is 20.6. The maximum Gasteiger partial charge on any atom is 0.213 e. The van der Waals surface area contributed by atoms with Gasteiger partial charge in [0.25, 0.3) is 0 Å². The molecule has 8 heteroatoms. The Bertz CT molecular complexity index is 695. The molecule has 2 aliphatic rings. The highest BCUT2D eigenvalue weighted by Gasteiger charge is 2.26. The Labute approximate surface area is 161 Å². The van der Waals surface area contributed by atoms with Crippen LogP contribution in [0, 0.1) is 0 Å². The summed E-state index contributed by atoms with van der Waals surface area (Å²) in [6, 6.07) is 2.00. The van der Waals surface area contributed by atoms with Gasteiger partial charge in [0.2, 0.25) is 12.4 Å². The van der Waals surface area contributed by atoms with Gasteiger partial charge in [-0.2, -0.15) is 4.99 Å². The van der Waals surface area contributed by atoms with Crippen molar-refractivity contribution < 1.29 is 4.79 Å². The maximum absolute atomic E-state index is 11.1. The summed E-state index contributed by atoms with van der Waals surface area (Å²) in [7, 11) is 2.06. The fraction of sp³-hybridized carbons (Fsp3) is 0.579. The lowest BCUT2D eigenvalue weighted by Crippen LogP contribution is -2.53. The number of rotatable bonds is 4. The van der Waals surface area contributed by atoms with Crippen LogP contribution in [0.2, 0.25) is 0 Å². The molecular formula is C19H29N7O. The van der Waals surface area contributed by atoms with Gasteiger partial charge in [-0.15, -0.1) is 0 Å². The molecule has 0 spiro atoms. The molecule has 0 saturated carbocycles. The van der Waals surface area contributed by atoms with E-state index in [4.69, 9.17) is 4.99 Å². The van der Waals surface area contributed by atoms with Gasteiger partial charge in [0.1, 0.15) is 11.6 Å². The Morgan fingerprint density at radius 3 is 2.56 bits per heavy atom. The minimum Gasteiger partial charge on any atom is -0.360 e. The number of nitrogens with zero attached hydrogens (tertiary/aromatic N) is 6. The Morgan fingerprint density at radius 1 is 1.22 bits per heavy atom. The number of carbonyl (C=O) groups is 1. The van der Waals surface area contributed by atoms with E-state index in [1.54, 1.807) is 12.4 Å². The molecule has 3 rings (SSSR count). The lowest BCUT2D eigenvalue weighted by molar-refractivity contribution is -0.108. The van der Waals surface area contributed by atoms with E-state index in [1.165, 1.54) is 5.57 Å². The van der Waals surface area contributed by atoms with E-state index >= 15 is 0 Å². The van der Waals surface area contributed by atoms with Crippen LogP contribution in [0.4, 0.5) is 0 Å². The van der Waals surface area contributed by atoms with E-state index in [1.807, 2.05) is 6.07 Å². The number of allylic oxidation sites excluding steroid dienone is 1. The second-order valence-corrected chi connectivity index (χ2v) is 7.13. The molecule has 1 amide bonds. The van der Waals surface area contributed by atoms with Crippen LogP contribution in [-0.2, 0) is 4.79 Å². The zero-order chi connectivity index (χ0) is 19.2. The lowest BCUT2D eigenvalue weighted by Gasteiger charge is -2.38. The summed E-state index contributed by atoms with van der Waals surface area (Å²) in [6.07, 6.45) is 6.48. The molecule has 1 fully saturated rings. The molecule has 1 aromatic rings. The number of carbonyl (C=O) groups excluding carboxylic acids is 1. The standard InChI is InChI=1S/C19H29N7O/c1-15-6-4-9-24(3)18(15)23-19(22-14-27)26-12-10-25(11-13-26)16(2)17-20-7-5-8-21-17/h5,7-8,14,16H,4,6,9-13H2,1-3H3,(H,22,23,27). The number of guanidine groups is 1. The van der Waals surface area contributed by atoms with Gasteiger partial charge in [0, 0.05) is 52.2 Å². The van der Waals surface area contributed by atoms with E-state index in [0.29, 0.717) is 12.4 Å². The monoisotopic (exact) mass is 371 g/mol. The van der Waals surface area contributed by atoms with Gasteiger partial charge in [-0.3, -0.25) is 15.0 Å². The van der Waals surface area contributed by atoms with Crippen molar-refractivity contribution >= 4 is 12.4 Å². The summed E-state index contributed by atoms with van der Waals surface area (Å²) in [4.78, 5) is 31.4. The lowest BCUT2D eigenvalue weighted by atomic mass is 10.1. The third-order valence-electron chi connectivity index (χ3n) is 5.31. The quantitative estimate of drug-likeness (QED) is 0.487. The third kappa shape index (κ3) is 4.63. The van der Waals surface area contributed by atoms with Gasteiger partial charge in [-0.05, 0) is 38.3 Å². The summed E-state index contributed by atoms with van der Waals surface area (Å²) in [5.41, 5.74) is 1.27. The van der Waals surface area contributed by atoms with Crippen LogP contribution in [0.25, 0.3) is 0 Å². The number of piperazine rings is 1. The third-order valence-corrected chi connectivity index (χ3v) is 5.31. The molecule has 1 saturated heterocycles. The van der Waals surface area contributed by atoms with Crippen molar-refractivity contribution in [3.05, 3.63) is 35.7 Å². The Hall–Kier alpha value is -2.48. The van der Waals surface area contributed by atoms with Crippen LogP contribution >= 0.6 is 0 Å². The number of aromatic nitrogens is 2. The van der Waals surface area contributed by atoms with Crippen molar-refractivity contribution in [3.63, 3.8) is 0 Å². The first-order chi connectivity index (χ1) is 13.1. The summed E-state index contributed by atoms with van der Waals surface area (Å²) < 4.78 is 0. The van der Waals surface area contributed by atoms with E-state index in [0.717, 1.165) is 57.2 Å². The topological polar surface area (TPSA) is 77.0 Å². The first-order valence-corrected chi connectivity index (χ1v) is 9.56. The smallest absolute Gasteiger partial charge is 0.213 e. The van der Waals surface area contributed by atoms with Gasteiger partial charge in [0.15, 0.2) is 0 Å². The summed E-state index contributed by atoms with van der Waals surface area (Å²) in [6.45, 7) is 8.58. The molecular weight excluding hydrogens is 342 g/mol. The fourth-order valence-corrected chi connectivity index (χ4v) is 3.66. The van der Waals surface area contributed by atoms with Crippen LogP contribution in [-0.4, -0.2) is 76.8 Å². The van der Waals surface area contributed by atoms with Crippen molar-refractivity contribution in [1.82, 2.24) is 30.0 Å². The van der Waals surface area contributed by atoms with Crippen molar-refractivity contribution in [1.29, 1.82) is 0 Å². The summed E-state index contributed by atoms with van der Waals surface area (Å²) in [5.74, 6) is 2.45. The highest BCUT2D eigenvalue weighted by molar-refractivity contribution is 5.89. The molecule has 1 unspecified atom stereocenters. The van der Waals surface area contributed by atoms with Gasteiger partial charge >= 0.3 is 0 Å². The van der Waals surface area contributed by atoms with Crippen LogP contribution < -0.4 is 5.32 Å². The van der Waals surface area contributed by atoms with E-state index in [9.17, 15) is 4.79 Å². The minimum atomic E-state index is 0.169. The molecule has 0 radical (unpaired) electrons. The highest BCUT2D eigenvalue weighted by Crippen LogP contribution is 2.22. The van der Waals surface area contributed by atoms with E-state index in [-0.39, 0.29) is 6.04 Å². The average molecular weight is 371 g/mol. The molecule has 1 atom stereocenters. The summed E-state index contributed by atoms with van der Waals surface area (Å²) in [5, 5.41) is 2.81. The Kier molecular flexibility index (Phi) is 6.39. The van der Waals surface area contributed by atoms with Gasteiger partial charge < -0.3 is 9.80 Å². The minimum absolute atomic E-state index is 0.169. The second kappa shape index (κ2) is 8.94. The number of nitrogens with one attached hydrogen (secondary N) is 1. The van der Waals surface area contributed by atoms with Gasteiger partial charge in [-0.1, -0.05) is 0 Å². The average Bonchev–Trinajstić information content (AvgIpc) is 2.70. The molecule has 0 bridgehead atoms. The molecule has 146 valence electrons. The van der Waals surface area contributed by atoms with Crippen LogP contribution in [0.3, 0.4) is 0 Å². The molecule has 1 aromatic heterocycles. The Morgan fingerprint density at radius 2 is 1.93 bits per heavy atom. The predicted octanol–water partition coefficient (Wildman–Crippen LogP) is 1.21. The van der Waals surface area contributed by atoms with Crippen molar-refractivity contribution in [2.45, 2.75) is 32.7 Å². The van der Waals surface area contributed by atoms with E-state index in [2.05, 4.69) is 50.9 Å². The molecule has 0 aliphatic carbocycles. The van der Waals surface area contributed by atoms with Crippen molar-refractivity contribution in [2.24, 2.45) is 4.99 Å². The first kappa shape index (κ1) is 19.3. The highest BCUT2D eigenvalue weighted by atomic mass is 16.1. The Balaban J connectivity index is 1.68. The van der Waals surface area contributed by atoms with Crippen LogP contribution in [0.1, 0.15) is 38.6 Å². The predicted molar refractivity (Wildman–Crippen MR) is 105 cm³/mol. The summed E-state index contributed by atoms with van der Waals surface area (Å²) >= 11 is 0. The molecule has 1 N–H and O–H groups in total. The van der Waals surface area contributed by atoms with Gasteiger partial charge in [0.05, 0.1) is 6.04 Å². The second-order valence-electron chi connectivity index (χ2n) is 7.13. The number of hydrogen-bond acceptors (Lipinski definition) is 6. The molecule has 27 heavy (non-hydrogen) atoms. The molecule has 3 heterocycles. The van der Waals surface area contributed by atoms with Gasteiger partial charge in [-0.25, -0.2) is 9.97 Å². The van der Waals surface area contributed by atoms with Crippen LogP contribution in [0.5, 0.6) is 0 Å². The SMILES string of the molecule is CC1=C(N=C(NC=O)N2CCN(C(C)c3ncccn3)CC2)N(C)CCC1. The number of hydrogen-bond donors (Lipinski definition) is 1. The number of amides is 1. The molecule has 0 aromatic carbocycles. The zero-order valence-electron chi connectivity index (χ0n) is 16.4. The van der Waals surface area contributed by atoms with Crippen LogP contribution in [0.15, 0.2) is 34.8 Å². The number of aliphatic imine (C=N–C) groups is 1. The molecule has 2 aliphatic heterocycles. The molecule has 8 nitrogen and oxygen atoms in total. The largest absolute Gasteiger partial charge is 0.360 e. The van der Waals surface area contributed by atoms with Crippen molar-refractivity contribution in [3.8, 4) is 0 Å².